The lowest BCUT2D eigenvalue weighted by Crippen LogP contribution is -1.84. The molecule has 2 heterocycles. The minimum atomic E-state index is 0.166. The zero-order valence-electron chi connectivity index (χ0n) is 9.51. The van der Waals surface area contributed by atoms with Crippen molar-refractivity contribution >= 4 is 34.1 Å². The van der Waals surface area contributed by atoms with Crippen LogP contribution in [0.4, 0.5) is 0 Å². The molecule has 0 fully saturated rings. The maximum Gasteiger partial charge on any atom is 0.185 e. The van der Waals surface area contributed by atoms with Crippen molar-refractivity contribution in [1.29, 1.82) is 0 Å². The summed E-state index contributed by atoms with van der Waals surface area (Å²) >= 11 is 1.35. The fraction of sp³-hybridized carbons (Fsp3) is 0.250. The van der Waals surface area contributed by atoms with Crippen molar-refractivity contribution in [3.63, 3.8) is 0 Å². The van der Waals surface area contributed by atoms with E-state index in [2.05, 4.69) is 21.0 Å². The van der Waals surface area contributed by atoms with Crippen LogP contribution in [0.5, 0.6) is 0 Å². The smallest absolute Gasteiger partial charge is 0.185 e. The number of fused-ring (bicyclic) bond motifs is 1. The summed E-state index contributed by atoms with van der Waals surface area (Å²) in [6.45, 7) is 1.59. The number of carbonyl (C=O) groups excluding carboxylic acids is 1. The highest BCUT2D eigenvalue weighted by molar-refractivity contribution is 8.13. The summed E-state index contributed by atoms with van der Waals surface area (Å²) in [5, 5.41) is 0.166. The number of hydrogen-bond donors (Lipinski definition) is 1. The van der Waals surface area contributed by atoms with Crippen LogP contribution in [0.15, 0.2) is 24.7 Å². The number of pyridine rings is 1. The summed E-state index contributed by atoms with van der Waals surface area (Å²) in [6, 6.07) is 2.00. The summed E-state index contributed by atoms with van der Waals surface area (Å²) in [7, 11) is 0. The molecule has 0 aliphatic heterocycles. The van der Waals surface area contributed by atoms with Gasteiger partial charge in [-0.15, -0.1) is 0 Å². The summed E-state index contributed by atoms with van der Waals surface area (Å²) in [6.07, 6.45) is 8.36. The van der Waals surface area contributed by atoms with Crippen molar-refractivity contribution in [1.82, 2.24) is 15.0 Å². The van der Waals surface area contributed by atoms with Crippen molar-refractivity contribution < 1.29 is 4.79 Å². The zero-order chi connectivity index (χ0) is 12.1. The number of aromatic amines is 1. The number of carbonyl (C=O) groups is 1. The van der Waals surface area contributed by atoms with Crippen LogP contribution < -0.4 is 0 Å². The van der Waals surface area contributed by atoms with E-state index in [0.29, 0.717) is 0 Å². The molecule has 0 saturated carbocycles. The molecule has 0 atom stereocenters. The first-order valence-electron chi connectivity index (χ1n) is 5.35. The molecule has 0 unspecified atom stereocenters. The number of allylic oxidation sites excluding steroid dienone is 1. The van der Waals surface area contributed by atoms with Crippen LogP contribution in [-0.2, 0) is 4.79 Å². The number of H-pyrrole nitrogens is 1. The van der Waals surface area contributed by atoms with Gasteiger partial charge in [0.1, 0.15) is 0 Å². The summed E-state index contributed by atoms with van der Waals surface area (Å²) in [5.41, 5.74) is 2.70. The van der Waals surface area contributed by atoms with Gasteiger partial charge < -0.3 is 4.98 Å². The Morgan fingerprint density at radius 3 is 3.24 bits per heavy atom. The summed E-state index contributed by atoms with van der Waals surface area (Å²) in [5.74, 6) is 0.825. The second kappa shape index (κ2) is 5.63. The zero-order valence-corrected chi connectivity index (χ0v) is 10.3. The van der Waals surface area contributed by atoms with Gasteiger partial charge in [0.25, 0.3) is 0 Å². The Kier molecular flexibility index (Phi) is 3.93. The van der Waals surface area contributed by atoms with Gasteiger partial charge in [0, 0.05) is 18.9 Å². The molecule has 2 aromatic rings. The number of rotatable bonds is 4. The SMILES string of the molecule is CC(=O)SCCC=Cc1cnc2nc[nH]c2c1. The van der Waals surface area contributed by atoms with Gasteiger partial charge >= 0.3 is 0 Å². The lowest BCUT2D eigenvalue weighted by atomic mass is 10.2. The van der Waals surface area contributed by atoms with Gasteiger partial charge in [-0.25, -0.2) is 9.97 Å². The Balaban J connectivity index is 1.93. The topological polar surface area (TPSA) is 58.6 Å². The molecule has 0 bridgehead atoms. The molecular formula is C12H13N3OS. The maximum atomic E-state index is 10.7. The molecule has 88 valence electrons. The fourth-order valence-electron chi connectivity index (χ4n) is 1.43. The van der Waals surface area contributed by atoms with E-state index in [-0.39, 0.29) is 5.12 Å². The molecule has 0 spiro atoms. The molecule has 2 aromatic heterocycles. The number of nitrogens with one attached hydrogen (secondary N) is 1. The number of hydrogen-bond acceptors (Lipinski definition) is 4. The Hall–Kier alpha value is -1.62. The van der Waals surface area contributed by atoms with Gasteiger partial charge in [0.2, 0.25) is 0 Å². The van der Waals surface area contributed by atoms with E-state index in [9.17, 15) is 4.79 Å². The van der Waals surface area contributed by atoms with E-state index in [1.807, 2.05) is 12.1 Å². The average molecular weight is 247 g/mol. The number of thioether (sulfide) groups is 1. The van der Waals surface area contributed by atoms with Crippen LogP contribution >= 0.6 is 11.8 Å². The van der Waals surface area contributed by atoms with Crippen LogP contribution in [0.2, 0.25) is 0 Å². The summed E-state index contributed by atoms with van der Waals surface area (Å²) in [4.78, 5) is 22.0. The number of imidazole rings is 1. The largest absolute Gasteiger partial charge is 0.343 e. The normalized spacial score (nSPS) is 11.4. The number of nitrogens with zero attached hydrogens (tertiary/aromatic N) is 2. The Labute approximate surface area is 104 Å². The molecule has 0 aliphatic rings. The van der Waals surface area contributed by atoms with Crippen LogP contribution in [0, 0.1) is 0 Å². The lowest BCUT2D eigenvalue weighted by molar-refractivity contribution is -0.109. The monoisotopic (exact) mass is 247 g/mol. The first-order chi connectivity index (χ1) is 8.25. The van der Waals surface area contributed by atoms with Crippen LogP contribution in [0.25, 0.3) is 17.2 Å². The molecule has 2 rings (SSSR count). The van der Waals surface area contributed by atoms with Gasteiger partial charge in [-0.1, -0.05) is 23.9 Å². The standard InChI is InChI=1S/C12H13N3OS/c1-9(16)17-5-3-2-4-10-6-11-12(13-7-10)15-8-14-11/h2,4,6-8H,3,5H2,1H3,(H,13,14,15). The fourth-order valence-corrected chi connectivity index (χ4v) is 1.97. The van der Waals surface area contributed by atoms with Crippen molar-refractivity contribution in [2.45, 2.75) is 13.3 Å². The van der Waals surface area contributed by atoms with E-state index in [1.54, 1.807) is 19.4 Å². The number of aromatic nitrogens is 3. The highest BCUT2D eigenvalue weighted by Crippen LogP contribution is 2.10. The van der Waals surface area contributed by atoms with E-state index >= 15 is 0 Å². The van der Waals surface area contributed by atoms with Crippen molar-refractivity contribution in [2.75, 3.05) is 5.75 Å². The quantitative estimate of drug-likeness (QED) is 0.844. The highest BCUT2D eigenvalue weighted by atomic mass is 32.2. The van der Waals surface area contributed by atoms with Crippen molar-refractivity contribution in [2.24, 2.45) is 0 Å². The molecule has 1 N–H and O–H groups in total. The van der Waals surface area contributed by atoms with Gasteiger partial charge in [0.15, 0.2) is 10.8 Å². The molecular weight excluding hydrogens is 234 g/mol. The molecule has 17 heavy (non-hydrogen) atoms. The Morgan fingerprint density at radius 2 is 2.41 bits per heavy atom. The predicted molar refractivity (Wildman–Crippen MR) is 70.7 cm³/mol. The molecule has 4 nitrogen and oxygen atoms in total. The van der Waals surface area contributed by atoms with Crippen molar-refractivity contribution in [3.8, 4) is 0 Å². The van der Waals surface area contributed by atoms with Crippen LogP contribution in [0.1, 0.15) is 18.9 Å². The molecule has 0 amide bonds. The minimum absolute atomic E-state index is 0.166. The lowest BCUT2D eigenvalue weighted by Gasteiger charge is -1.94. The van der Waals surface area contributed by atoms with Gasteiger partial charge in [-0.3, -0.25) is 4.79 Å². The third-order valence-electron chi connectivity index (χ3n) is 2.19. The van der Waals surface area contributed by atoms with Crippen LogP contribution in [-0.4, -0.2) is 25.8 Å². The maximum absolute atomic E-state index is 10.7. The molecule has 0 saturated heterocycles. The Morgan fingerprint density at radius 1 is 1.53 bits per heavy atom. The molecule has 5 heteroatoms. The highest BCUT2D eigenvalue weighted by Gasteiger charge is 1.97. The molecule has 0 aliphatic carbocycles. The third-order valence-corrected chi connectivity index (χ3v) is 3.04. The first kappa shape index (κ1) is 11.9. The average Bonchev–Trinajstić information content (AvgIpc) is 2.75. The predicted octanol–water partition coefficient (Wildman–Crippen LogP) is 2.64. The van der Waals surface area contributed by atoms with E-state index in [0.717, 1.165) is 28.9 Å². The van der Waals surface area contributed by atoms with E-state index in [4.69, 9.17) is 0 Å². The van der Waals surface area contributed by atoms with Crippen LogP contribution in [0.3, 0.4) is 0 Å². The van der Waals surface area contributed by atoms with Gasteiger partial charge in [0.05, 0.1) is 11.8 Å². The van der Waals surface area contributed by atoms with E-state index in [1.165, 1.54) is 11.8 Å². The van der Waals surface area contributed by atoms with Crippen molar-refractivity contribution in [3.05, 3.63) is 30.2 Å². The second-order valence-corrected chi connectivity index (χ2v) is 4.85. The summed E-state index contributed by atoms with van der Waals surface area (Å²) < 4.78 is 0. The van der Waals surface area contributed by atoms with Gasteiger partial charge in [-0.05, 0) is 18.1 Å². The minimum Gasteiger partial charge on any atom is -0.343 e. The molecule has 0 radical (unpaired) electrons. The first-order valence-corrected chi connectivity index (χ1v) is 6.33. The Bertz CT molecular complexity index is 547. The third kappa shape index (κ3) is 3.42. The van der Waals surface area contributed by atoms with E-state index < -0.39 is 0 Å². The molecule has 0 aromatic carbocycles. The second-order valence-electron chi connectivity index (χ2n) is 3.57. The van der Waals surface area contributed by atoms with Gasteiger partial charge in [-0.2, -0.15) is 0 Å².